The Bertz CT molecular complexity index is 914. The fourth-order valence-corrected chi connectivity index (χ4v) is 3.04. The second-order valence-corrected chi connectivity index (χ2v) is 9.79. The largest absolute Gasteiger partial charge is 0.455 e. The van der Waals surface area contributed by atoms with Gasteiger partial charge in [-0.25, -0.2) is 27.8 Å². The molecule has 11 heteroatoms. The van der Waals surface area contributed by atoms with E-state index < -0.39 is 59.7 Å². The molecule has 0 bridgehead atoms. The summed E-state index contributed by atoms with van der Waals surface area (Å²) in [5.41, 5.74) is 1.36. The highest BCUT2D eigenvalue weighted by Gasteiger charge is 2.51. The lowest BCUT2D eigenvalue weighted by Gasteiger charge is -2.40. The summed E-state index contributed by atoms with van der Waals surface area (Å²) in [5.74, 6) is -0.863. The fraction of sp³-hybridized carbons (Fsp3) is 0.591. The zero-order chi connectivity index (χ0) is 25.4. The summed E-state index contributed by atoms with van der Waals surface area (Å²) in [5, 5.41) is 0. The summed E-state index contributed by atoms with van der Waals surface area (Å²) in [6.45, 7) is 9.14. The second kappa shape index (κ2) is 9.11. The number of rotatable bonds is 2. The van der Waals surface area contributed by atoms with Crippen LogP contribution in [0.4, 0.5) is 28.4 Å². The van der Waals surface area contributed by atoms with Crippen molar-refractivity contribution in [2.24, 2.45) is 4.99 Å². The van der Waals surface area contributed by atoms with E-state index in [1.165, 1.54) is 13.0 Å². The summed E-state index contributed by atoms with van der Waals surface area (Å²) in [7, 11) is 0. The van der Waals surface area contributed by atoms with E-state index in [0.29, 0.717) is 4.90 Å². The lowest BCUT2D eigenvalue weighted by Crippen LogP contribution is -2.56. The molecule has 0 aromatic heterocycles. The number of hydrogen-bond acceptors (Lipinski definition) is 7. The zero-order valence-electron chi connectivity index (χ0n) is 19.7. The lowest BCUT2D eigenvalue weighted by atomic mass is 9.84. The molecular weight excluding hydrogens is 443 g/mol. The molecule has 33 heavy (non-hydrogen) atoms. The maximum absolute atomic E-state index is 15.3. The maximum atomic E-state index is 15.3. The van der Waals surface area contributed by atoms with Gasteiger partial charge in [0.1, 0.15) is 29.2 Å². The molecule has 2 rings (SSSR count). The zero-order valence-corrected chi connectivity index (χ0v) is 19.7. The standard InChI is InChI=1S/C22H30F3N3O5/c1-20(2,3)32-18(29)28(19(30)33-21(4,5)6)17-27-22(7,16(25)15(11-23)31-17)13-10-12(26)8-9-14(13)24/h8-10,15-16H,11,26H2,1-7H3/t15-,16-,22+/m0/s1. The number of amidine groups is 1. The number of aliphatic imine (C=N–C) groups is 1. The molecule has 184 valence electrons. The van der Waals surface area contributed by atoms with E-state index in [0.717, 1.165) is 12.1 Å². The number of halogens is 3. The molecule has 1 aromatic rings. The van der Waals surface area contributed by atoms with Crippen LogP contribution >= 0.6 is 0 Å². The molecule has 0 aliphatic carbocycles. The van der Waals surface area contributed by atoms with E-state index in [4.69, 9.17) is 19.9 Å². The van der Waals surface area contributed by atoms with Crippen LogP contribution in [0.1, 0.15) is 54.0 Å². The number of anilines is 1. The van der Waals surface area contributed by atoms with Gasteiger partial charge < -0.3 is 19.9 Å². The number of ether oxygens (including phenoxy) is 3. The van der Waals surface area contributed by atoms with E-state index in [1.807, 2.05) is 0 Å². The van der Waals surface area contributed by atoms with Crippen LogP contribution in [0.5, 0.6) is 0 Å². The second-order valence-electron chi connectivity index (χ2n) is 9.79. The third kappa shape index (κ3) is 6.08. The summed E-state index contributed by atoms with van der Waals surface area (Å²) in [6, 6.07) is 2.63. The molecule has 1 heterocycles. The van der Waals surface area contributed by atoms with Crippen molar-refractivity contribution in [3.8, 4) is 0 Å². The molecule has 2 amide bonds. The summed E-state index contributed by atoms with van der Waals surface area (Å²) >= 11 is 0. The minimum Gasteiger partial charge on any atom is -0.455 e. The first-order chi connectivity index (χ1) is 15.0. The fourth-order valence-electron chi connectivity index (χ4n) is 3.04. The Balaban J connectivity index is 2.68. The number of nitrogens with zero attached hydrogens (tertiary/aromatic N) is 2. The van der Waals surface area contributed by atoms with Crippen molar-refractivity contribution in [3.63, 3.8) is 0 Å². The Labute approximate surface area is 190 Å². The third-order valence-electron chi connectivity index (χ3n) is 4.48. The molecule has 0 spiro atoms. The van der Waals surface area contributed by atoms with Gasteiger partial charge in [-0.05, 0) is 66.7 Å². The van der Waals surface area contributed by atoms with Crippen LogP contribution in [0.3, 0.4) is 0 Å². The van der Waals surface area contributed by atoms with Crippen LogP contribution in [-0.4, -0.2) is 53.3 Å². The van der Waals surface area contributed by atoms with Gasteiger partial charge in [0, 0.05) is 11.3 Å². The number of nitrogens with two attached hydrogens (primary N) is 1. The van der Waals surface area contributed by atoms with E-state index >= 15 is 4.39 Å². The SMILES string of the molecule is CC(C)(C)OC(=O)N(C(=O)OC(C)(C)C)C1=N[C@](C)(c2cc(N)ccc2F)[C@@H](F)[C@H](CF)O1. The van der Waals surface area contributed by atoms with Gasteiger partial charge >= 0.3 is 18.2 Å². The molecular formula is C22H30F3N3O5. The smallest absolute Gasteiger partial charge is 0.428 e. The molecule has 0 unspecified atom stereocenters. The first-order valence-corrected chi connectivity index (χ1v) is 10.3. The number of alkyl halides is 2. The van der Waals surface area contributed by atoms with Gasteiger partial charge in [0.15, 0.2) is 12.3 Å². The van der Waals surface area contributed by atoms with Gasteiger partial charge in [0.2, 0.25) is 0 Å². The first kappa shape index (κ1) is 26.3. The van der Waals surface area contributed by atoms with Gasteiger partial charge in [0.25, 0.3) is 0 Å². The molecule has 3 atom stereocenters. The average molecular weight is 473 g/mol. The van der Waals surface area contributed by atoms with Gasteiger partial charge in [-0.15, -0.1) is 4.90 Å². The predicted octanol–water partition coefficient (Wildman–Crippen LogP) is 4.86. The molecule has 0 radical (unpaired) electrons. The van der Waals surface area contributed by atoms with E-state index in [-0.39, 0.29) is 11.3 Å². The number of amides is 2. The molecule has 1 aliphatic rings. The lowest BCUT2D eigenvalue weighted by molar-refractivity contribution is -0.0214. The summed E-state index contributed by atoms with van der Waals surface area (Å²) < 4.78 is 59.5. The minimum atomic E-state index is -2.18. The number of hydrogen-bond donors (Lipinski definition) is 1. The highest BCUT2D eigenvalue weighted by atomic mass is 19.1. The average Bonchev–Trinajstić information content (AvgIpc) is 2.63. The van der Waals surface area contributed by atoms with Gasteiger partial charge in [-0.3, -0.25) is 0 Å². The Hall–Kier alpha value is -2.98. The highest BCUT2D eigenvalue weighted by molar-refractivity contribution is 6.06. The quantitative estimate of drug-likeness (QED) is 0.616. The topological polar surface area (TPSA) is 103 Å². The molecule has 0 fully saturated rings. The normalized spacial score (nSPS) is 23.3. The predicted molar refractivity (Wildman–Crippen MR) is 116 cm³/mol. The number of carbonyl (C=O) groups excluding carboxylic acids is 2. The number of benzene rings is 1. The van der Waals surface area contributed by atoms with E-state index in [2.05, 4.69) is 4.99 Å². The van der Waals surface area contributed by atoms with Crippen LogP contribution in [0.2, 0.25) is 0 Å². The Kier molecular flexibility index (Phi) is 7.25. The van der Waals surface area contributed by atoms with Crippen molar-refractivity contribution < 1.29 is 37.0 Å². The maximum Gasteiger partial charge on any atom is 0.428 e. The Morgan fingerprint density at radius 3 is 2.12 bits per heavy atom. The van der Waals surface area contributed by atoms with E-state index in [9.17, 15) is 18.4 Å². The van der Waals surface area contributed by atoms with Gasteiger partial charge in [-0.1, -0.05) is 0 Å². The Morgan fingerprint density at radius 1 is 1.15 bits per heavy atom. The van der Waals surface area contributed by atoms with Gasteiger partial charge in [0.05, 0.1) is 0 Å². The van der Waals surface area contributed by atoms with Crippen LogP contribution in [0, 0.1) is 5.82 Å². The van der Waals surface area contributed by atoms with Crippen molar-refractivity contribution in [1.82, 2.24) is 4.90 Å². The van der Waals surface area contributed by atoms with Crippen LogP contribution in [-0.2, 0) is 19.7 Å². The molecule has 1 aromatic carbocycles. The number of imide groups is 1. The molecule has 0 saturated carbocycles. The van der Waals surface area contributed by atoms with Gasteiger partial charge in [-0.2, -0.15) is 0 Å². The highest BCUT2D eigenvalue weighted by Crippen LogP contribution is 2.40. The summed E-state index contributed by atoms with van der Waals surface area (Å²) in [6.07, 6.45) is -6.49. The number of nitrogen functional groups attached to an aromatic ring is 1. The first-order valence-electron chi connectivity index (χ1n) is 10.3. The van der Waals surface area contributed by atoms with Crippen LogP contribution in [0.25, 0.3) is 0 Å². The van der Waals surface area contributed by atoms with Crippen molar-refractivity contribution in [2.45, 2.75) is 77.5 Å². The minimum absolute atomic E-state index is 0.107. The van der Waals surface area contributed by atoms with Crippen molar-refractivity contribution >= 4 is 23.9 Å². The molecule has 8 nitrogen and oxygen atoms in total. The number of carbonyl (C=O) groups is 2. The molecule has 2 N–H and O–H groups in total. The van der Waals surface area contributed by atoms with Crippen molar-refractivity contribution in [2.75, 3.05) is 12.4 Å². The van der Waals surface area contributed by atoms with Crippen molar-refractivity contribution in [3.05, 3.63) is 29.6 Å². The van der Waals surface area contributed by atoms with Crippen LogP contribution < -0.4 is 5.73 Å². The van der Waals surface area contributed by atoms with Crippen LogP contribution in [0.15, 0.2) is 23.2 Å². The van der Waals surface area contributed by atoms with E-state index in [1.54, 1.807) is 41.5 Å². The molecule has 0 saturated heterocycles. The van der Waals surface area contributed by atoms with Crippen molar-refractivity contribution in [1.29, 1.82) is 0 Å². The third-order valence-corrected chi connectivity index (χ3v) is 4.48. The summed E-state index contributed by atoms with van der Waals surface area (Å²) in [4.78, 5) is 30.1. The molecule has 1 aliphatic heterocycles. The monoisotopic (exact) mass is 473 g/mol. The Morgan fingerprint density at radius 2 is 1.67 bits per heavy atom.